The summed E-state index contributed by atoms with van der Waals surface area (Å²) in [6.45, 7) is 0. The van der Waals surface area contributed by atoms with Crippen molar-refractivity contribution in [1.29, 1.82) is 0 Å². The van der Waals surface area contributed by atoms with E-state index in [1.54, 1.807) is 7.11 Å². The van der Waals surface area contributed by atoms with E-state index in [2.05, 4.69) is 78.9 Å². The van der Waals surface area contributed by atoms with Gasteiger partial charge in [-0.1, -0.05) is 60.7 Å². The predicted octanol–water partition coefficient (Wildman–Crippen LogP) is 6.76. The van der Waals surface area contributed by atoms with Gasteiger partial charge in [-0.3, -0.25) is 0 Å². The van der Waals surface area contributed by atoms with Crippen LogP contribution in [0.25, 0.3) is 32.0 Å². The summed E-state index contributed by atoms with van der Waals surface area (Å²) in [4.78, 5) is 2.57. The van der Waals surface area contributed by atoms with Gasteiger partial charge in [0.2, 0.25) is 0 Å². The van der Waals surface area contributed by atoms with Crippen LogP contribution in [0.3, 0.4) is 0 Å². The number of rotatable bonds is 4. The van der Waals surface area contributed by atoms with E-state index in [0.29, 0.717) is 0 Å². The molecule has 4 aromatic rings. The molecule has 0 aliphatic carbocycles. The molecule has 4 rings (SSSR count). The summed E-state index contributed by atoms with van der Waals surface area (Å²) in [6, 6.07) is 31.7. The summed E-state index contributed by atoms with van der Waals surface area (Å²) in [5, 5.41) is 0. The molecule has 0 spiro atoms. The Labute approximate surface area is 152 Å². The lowest BCUT2D eigenvalue weighted by Crippen LogP contribution is -1.82. The van der Waals surface area contributed by atoms with E-state index in [9.17, 15) is 0 Å². The summed E-state index contributed by atoms with van der Waals surface area (Å²) < 4.78 is 5.30. The third-order valence-corrected chi connectivity index (χ3v) is 5.46. The third kappa shape index (κ3) is 3.21. The van der Waals surface area contributed by atoms with Crippen molar-refractivity contribution in [3.63, 3.8) is 0 Å². The first-order chi connectivity index (χ1) is 12.3. The second kappa shape index (κ2) is 6.96. The molecule has 0 aliphatic rings. The molecule has 3 aromatic carbocycles. The van der Waals surface area contributed by atoms with E-state index in [-0.39, 0.29) is 0 Å². The normalized spacial score (nSPS) is 10.6. The van der Waals surface area contributed by atoms with Gasteiger partial charge >= 0.3 is 0 Å². The molecule has 0 N–H and O–H groups in total. The lowest BCUT2D eigenvalue weighted by molar-refractivity contribution is 0.415. The van der Waals surface area contributed by atoms with Crippen molar-refractivity contribution in [2.45, 2.75) is 0 Å². The van der Waals surface area contributed by atoms with Crippen molar-refractivity contribution in [2.75, 3.05) is 7.11 Å². The number of hydrogen-bond acceptors (Lipinski definition) is 2. The molecule has 122 valence electrons. The lowest BCUT2D eigenvalue weighted by atomic mass is 10.0. The van der Waals surface area contributed by atoms with Crippen LogP contribution in [-0.2, 0) is 0 Å². The Kier molecular flexibility index (Phi) is 4.36. The van der Waals surface area contributed by atoms with Crippen LogP contribution in [0, 0.1) is 0 Å². The van der Waals surface area contributed by atoms with E-state index >= 15 is 0 Å². The van der Waals surface area contributed by atoms with Crippen LogP contribution in [0.2, 0.25) is 0 Å². The van der Waals surface area contributed by atoms with Crippen LogP contribution in [0.4, 0.5) is 0 Å². The van der Waals surface area contributed by atoms with Crippen molar-refractivity contribution in [3.05, 3.63) is 91.0 Å². The Morgan fingerprint density at radius 1 is 0.640 bits per heavy atom. The molecular weight excluding hydrogens is 324 g/mol. The highest BCUT2D eigenvalue weighted by Crippen LogP contribution is 2.43. The van der Waals surface area contributed by atoms with E-state index in [1.807, 2.05) is 23.5 Å². The van der Waals surface area contributed by atoms with E-state index in [0.717, 1.165) is 5.75 Å². The van der Waals surface area contributed by atoms with Crippen molar-refractivity contribution in [1.82, 2.24) is 0 Å². The first-order valence-corrected chi connectivity index (χ1v) is 9.06. The molecule has 1 aromatic heterocycles. The number of methoxy groups -OCH3 is 1. The minimum Gasteiger partial charge on any atom is -0.497 e. The highest BCUT2D eigenvalue weighted by Gasteiger charge is 2.14. The molecule has 0 bridgehead atoms. The van der Waals surface area contributed by atoms with Gasteiger partial charge in [-0.2, -0.15) is 0 Å². The molecular formula is C23H18OS. The van der Waals surface area contributed by atoms with Crippen molar-refractivity contribution in [3.8, 4) is 37.8 Å². The van der Waals surface area contributed by atoms with Crippen LogP contribution in [0.15, 0.2) is 91.0 Å². The second-order valence-corrected chi connectivity index (χ2v) is 6.87. The molecule has 1 nitrogen and oxygen atoms in total. The van der Waals surface area contributed by atoms with Gasteiger partial charge in [-0.25, -0.2) is 0 Å². The summed E-state index contributed by atoms with van der Waals surface area (Å²) in [5.74, 6) is 0.879. The fourth-order valence-corrected chi connectivity index (χ4v) is 4.12. The first-order valence-electron chi connectivity index (χ1n) is 8.24. The van der Waals surface area contributed by atoms with Crippen LogP contribution in [0.5, 0.6) is 5.75 Å². The van der Waals surface area contributed by atoms with Gasteiger partial charge in [0.15, 0.2) is 0 Å². The Balaban J connectivity index is 1.87. The first kappa shape index (κ1) is 15.7. The summed E-state index contributed by atoms with van der Waals surface area (Å²) >= 11 is 1.83. The molecule has 0 saturated carbocycles. The van der Waals surface area contributed by atoms with Gasteiger partial charge in [-0.15, -0.1) is 11.3 Å². The van der Waals surface area contributed by atoms with Crippen LogP contribution >= 0.6 is 11.3 Å². The van der Waals surface area contributed by atoms with Gasteiger partial charge < -0.3 is 4.74 Å². The topological polar surface area (TPSA) is 9.23 Å². The standard InChI is InChI=1S/C23H18OS/c1-24-20-14-12-19(13-15-20)23-21(17-8-4-2-5-9-17)16-22(25-23)18-10-6-3-7-11-18/h2-16H,1H3. The predicted molar refractivity (Wildman–Crippen MR) is 107 cm³/mol. The van der Waals surface area contributed by atoms with Gasteiger partial charge in [0.1, 0.15) is 5.75 Å². The van der Waals surface area contributed by atoms with Gasteiger partial charge in [0, 0.05) is 15.3 Å². The minimum absolute atomic E-state index is 0.879. The second-order valence-electron chi connectivity index (χ2n) is 5.81. The Hall–Kier alpha value is -2.84. The molecule has 0 fully saturated rings. The highest BCUT2D eigenvalue weighted by atomic mass is 32.1. The maximum atomic E-state index is 5.30. The molecule has 25 heavy (non-hydrogen) atoms. The lowest BCUT2D eigenvalue weighted by Gasteiger charge is -2.05. The number of hydrogen-bond donors (Lipinski definition) is 0. The van der Waals surface area contributed by atoms with Crippen molar-refractivity contribution < 1.29 is 4.74 Å². The number of benzene rings is 3. The summed E-state index contributed by atoms with van der Waals surface area (Å²) in [7, 11) is 1.70. The maximum Gasteiger partial charge on any atom is 0.118 e. The van der Waals surface area contributed by atoms with E-state index < -0.39 is 0 Å². The smallest absolute Gasteiger partial charge is 0.118 e. The minimum atomic E-state index is 0.879. The highest BCUT2D eigenvalue weighted by molar-refractivity contribution is 7.19. The quantitative estimate of drug-likeness (QED) is 0.398. The number of thiophene rings is 1. The number of ether oxygens (including phenoxy) is 1. The summed E-state index contributed by atoms with van der Waals surface area (Å²) in [6.07, 6.45) is 0. The van der Waals surface area contributed by atoms with Gasteiger partial charge in [-0.05, 0) is 47.0 Å². The fraction of sp³-hybridized carbons (Fsp3) is 0.0435. The van der Waals surface area contributed by atoms with E-state index in [1.165, 1.54) is 32.0 Å². The van der Waals surface area contributed by atoms with Crippen LogP contribution in [0.1, 0.15) is 0 Å². The Morgan fingerprint density at radius 3 is 1.84 bits per heavy atom. The molecule has 0 radical (unpaired) electrons. The monoisotopic (exact) mass is 342 g/mol. The zero-order chi connectivity index (χ0) is 17.1. The SMILES string of the molecule is COc1ccc(-c2sc(-c3ccccc3)cc2-c2ccccc2)cc1. The van der Waals surface area contributed by atoms with E-state index in [4.69, 9.17) is 4.74 Å². The van der Waals surface area contributed by atoms with Crippen LogP contribution < -0.4 is 4.74 Å². The van der Waals surface area contributed by atoms with Crippen molar-refractivity contribution in [2.24, 2.45) is 0 Å². The average molecular weight is 342 g/mol. The summed E-state index contributed by atoms with van der Waals surface area (Å²) in [5.41, 5.74) is 4.98. The van der Waals surface area contributed by atoms with Gasteiger partial charge in [0.05, 0.1) is 7.11 Å². The molecule has 1 heterocycles. The fourth-order valence-electron chi connectivity index (χ4n) is 2.92. The van der Waals surface area contributed by atoms with Crippen molar-refractivity contribution >= 4 is 11.3 Å². The zero-order valence-electron chi connectivity index (χ0n) is 14.0. The third-order valence-electron chi connectivity index (χ3n) is 4.23. The molecule has 0 unspecified atom stereocenters. The molecule has 0 atom stereocenters. The zero-order valence-corrected chi connectivity index (χ0v) is 14.8. The van der Waals surface area contributed by atoms with Crippen LogP contribution in [-0.4, -0.2) is 7.11 Å². The Morgan fingerprint density at radius 2 is 1.24 bits per heavy atom. The molecule has 0 amide bonds. The molecule has 2 heteroatoms. The van der Waals surface area contributed by atoms with Gasteiger partial charge in [0.25, 0.3) is 0 Å². The average Bonchev–Trinajstić information content (AvgIpc) is 3.15. The molecule has 0 saturated heterocycles. The Bertz CT molecular complexity index is 954. The maximum absolute atomic E-state index is 5.30. The molecule has 0 aliphatic heterocycles. The largest absolute Gasteiger partial charge is 0.497 e.